The second-order valence-corrected chi connectivity index (χ2v) is 4.30. The van der Waals surface area contributed by atoms with Crippen LogP contribution in [0.15, 0.2) is 18.2 Å². The molecule has 0 bridgehead atoms. The van der Waals surface area contributed by atoms with E-state index in [9.17, 15) is 0 Å². The molecule has 1 unspecified atom stereocenters. The lowest BCUT2D eigenvalue weighted by molar-refractivity contribution is 0.274. The van der Waals surface area contributed by atoms with Gasteiger partial charge in [0.15, 0.2) is 0 Å². The zero-order valence-corrected chi connectivity index (χ0v) is 10.2. The van der Waals surface area contributed by atoms with Crippen LogP contribution >= 0.6 is 35.8 Å². The zero-order chi connectivity index (χ0) is 10.6. The Balaban J connectivity index is 2.63. The molecule has 1 atom stereocenters. The summed E-state index contributed by atoms with van der Waals surface area (Å²) in [4.78, 5) is 0. The second-order valence-electron chi connectivity index (χ2n) is 3.15. The van der Waals surface area contributed by atoms with Crippen molar-refractivity contribution in [2.45, 2.75) is 6.92 Å². The van der Waals surface area contributed by atoms with Gasteiger partial charge in [-0.15, -0.1) is 0 Å². The average molecular weight is 251 g/mol. The van der Waals surface area contributed by atoms with Gasteiger partial charge in [0, 0.05) is 0 Å². The van der Waals surface area contributed by atoms with Crippen LogP contribution in [-0.4, -0.2) is 12.4 Å². The maximum absolute atomic E-state index is 5.94. The molecule has 0 N–H and O–H groups in total. The molecule has 14 heavy (non-hydrogen) atoms. The Bertz CT molecular complexity index is 304. The molecule has 0 radical (unpaired) electrons. The van der Waals surface area contributed by atoms with Gasteiger partial charge in [-0.2, -0.15) is 12.6 Å². The predicted octanol–water partition coefficient (Wildman–Crippen LogP) is 3.94. The van der Waals surface area contributed by atoms with Crippen molar-refractivity contribution >= 4 is 35.8 Å². The number of halogens is 2. The van der Waals surface area contributed by atoms with E-state index in [4.69, 9.17) is 27.9 Å². The average Bonchev–Trinajstić information content (AvgIpc) is 2.20. The maximum Gasteiger partial charge on any atom is 0.139 e. The summed E-state index contributed by atoms with van der Waals surface area (Å²) in [6, 6.07) is 5.35. The SMILES string of the molecule is CC(CS)COc1cccc(Cl)c1Cl. The van der Waals surface area contributed by atoms with Gasteiger partial charge in [-0.1, -0.05) is 36.2 Å². The van der Waals surface area contributed by atoms with Gasteiger partial charge in [0.25, 0.3) is 0 Å². The Morgan fingerprint density at radius 1 is 1.43 bits per heavy atom. The molecule has 0 saturated carbocycles. The van der Waals surface area contributed by atoms with Gasteiger partial charge < -0.3 is 4.74 Å². The number of ether oxygens (including phenoxy) is 1. The molecule has 0 spiro atoms. The van der Waals surface area contributed by atoms with Crippen molar-refractivity contribution in [2.75, 3.05) is 12.4 Å². The molecule has 1 rings (SSSR count). The zero-order valence-electron chi connectivity index (χ0n) is 7.84. The molecular formula is C10H12Cl2OS. The van der Waals surface area contributed by atoms with E-state index in [1.165, 1.54) is 0 Å². The molecule has 0 fully saturated rings. The summed E-state index contributed by atoms with van der Waals surface area (Å²) in [5, 5.41) is 0.989. The largest absolute Gasteiger partial charge is 0.492 e. The van der Waals surface area contributed by atoms with Gasteiger partial charge in [-0.3, -0.25) is 0 Å². The fourth-order valence-electron chi connectivity index (χ4n) is 0.880. The predicted molar refractivity (Wildman–Crippen MR) is 65.0 cm³/mol. The first-order chi connectivity index (χ1) is 6.65. The van der Waals surface area contributed by atoms with Crippen LogP contribution in [0.4, 0.5) is 0 Å². The third-order valence-corrected chi connectivity index (χ3v) is 3.18. The number of benzene rings is 1. The summed E-state index contributed by atoms with van der Waals surface area (Å²) in [5.74, 6) is 1.82. The summed E-state index contributed by atoms with van der Waals surface area (Å²) in [6.07, 6.45) is 0. The second kappa shape index (κ2) is 5.74. The van der Waals surface area contributed by atoms with Gasteiger partial charge in [-0.05, 0) is 23.8 Å². The van der Waals surface area contributed by atoms with E-state index in [2.05, 4.69) is 19.6 Å². The molecule has 4 heteroatoms. The van der Waals surface area contributed by atoms with Crippen LogP contribution in [0.3, 0.4) is 0 Å². The molecule has 1 aromatic carbocycles. The van der Waals surface area contributed by atoms with E-state index in [0.29, 0.717) is 28.3 Å². The first-order valence-electron chi connectivity index (χ1n) is 4.32. The van der Waals surface area contributed by atoms with Crippen molar-refractivity contribution in [3.63, 3.8) is 0 Å². The summed E-state index contributed by atoms with van der Waals surface area (Å²) in [6.45, 7) is 2.66. The lowest BCUT2D eigenvalue weighted by atomic mass is 10.2. The Morgan fingerprint density at radius 3 is 2.79 bits per heavy atom. The molecule has 0 aliphatic carbocycles. The van der Waals surface area contributed by atoms with Gasteiger partial charge in [0.1, 0.15) is 10.8 Å². The van der Waals surface area contributed by atoms with Crippen LogP contribution in [0.2, 0.25) is 10.0 Å². The number of hydrogen-bond donors (Lipinski definition) is 1. The van der Waals surface area contributed by atoms with Crippen LogP contribution in [0.1, 0.15) is 6.92 Å². The van der Waals surface area contributed by atoms with Crippen molar-refractivity contribution in [3.8, 4) is 5.75 Å². The number of thiol groups is 1. The van der Waals surface area contributed by atoms with E-state index in [1.54, 1.807) is 12.1 Å². The molecule has 0 aromatic heterocycles. The van der Waals surface area contributed by atoms with Crippen LogP contribution in [0, 0.1) is 5.92 Å². The van der Waals surface area contributed by atoms with Gasteiger partial charge >= 0.3 is 0 Å². The molecular weight excluding hydrogens is 239 g/mol. The van der Waals surface area contributed by atoms with Crippen molar-refractivity contribution < 1.29 is 4.74 Å². The summed E-state index contributed by atoms with van der Waals surface area (Å²) in [5.41, 5.74) is 0. The minimum atomic E-state index is 0.397. The molecule has 1 nitrogen and oxygen atoms in total. The molecule has 78 valence electrons. The summed E-state index contributed by atoms with van der Waals surface area (Å²) < 4.78 is 5.50. The minimum absolute atomic E-state index is 0.397. The van der Waals surface area contributed by atoms with Crippen LogP contribution in [0.25, 0.3) is 0 Å². The molecule has 1 aromatic rings. The molecule has 0 heterocycles. The van der Waals surface area contributed by atoms with Crippen molar-refractivity contribution in [1.82, 2.24) is 0 Å². The van der Waals surface area contributed by atoms with Crippen molar-refractivity contribution in [1.29, 1.82) is 0 Å². The van der Waals surface area contributed by atoms with E-state index in [-0.39, 0.29) is 0 Å². The third kappa shape index (κ3) is 3.26. The number of hydrogen-bond acceptors (Lipinski definition) is 2. The lowest BCUT2D eigenvalue weighted by Gasteiger charge is -2.12. The van der Waals surface area contributed by atoms with Crippen molar-refractivity contribution in [3.05, 3.63) is 28.2 Å². The smallest absolute Gasteiger partial charge is 0.139 e. The van der Waals surface area contributed by atoms with Crippen LogP contribution < -0.4 is 4.74 Å². The highest BCUT2D eigenvalue weighted by Crippen LogP contribution is 2.31. The third-order valence-electron chi connectivity index (χ3n) is 1.75. The molecule has 0 aliphatic heterocycles. The maximum atomic E-state index is 5.94. The van der Waals surface area contributed by atoms with E-state index in [0.717, 1.165) is 5.75 Å². The first-order valence-corrected chi connectivity index (χ1v) is 5.71. The minimum Gasteiger partial charge on any atom is -0.492 e. The summed E-state index contributed by atoms with van der Waals surface area (Å²) >= 11 is 15.9. The standard InChI is InChI=1S/C10H12Cl2OS/c1-7(6-14)5-13-9-4-2-3-8(11)10(9)12/h2-4,7,14H,5-6H2,1H3. The Hall–Kier alpha value is -0.0500. The summed E-state index contributed by atoms with van der Waals surface area (Å²) in [7, 11) is 0. The Morgan fingerprint density at radius 2 is 2.14 bits per heavy atom. The van der Waals surface area contributed by atoms with E-state index >= 15 is 0 Å². The van der Waals surface area contributed by atoms with Crippen LogP contribution in [-0.2, 0) is 0 Å². The highest BCUT2D eigenvalue weighted by Gasteiger charge is 2.06. The van der Waals surface area contributed by atoms with Crippen LogP contribution in [0.5, 0.6) is 5.75 Å². The Labute approximate surface area is 99.8 Å². The monoisotopic (exact) mass is 250 g/mol. The lowest BCUT2D eigenvalue weighted by Crippen LogP contribution is -2.09. The topological polar surface area (TPSA) is 9.23 Å². The van der Waals surface area contributed by atoms with Crippen molar-refractivity contribution in [2.24, 2.45) is 5.92 Å². The highest BCUT2D eigenvalue weighted by atomic mass is 35.5. The van der Waals surface area contributed by atoms with Gasteiger partial charge in [0.2, 0.25) is 0 Å². The first kappa shape index (κ1) is 12.0. The molecule has 0 saturated heterocycles. The van der Waals surface area contributed by atoms with E-state index in [1.807, 2.05) is 6.07 Å². The fraction of sp³-hybridized carbons (Fsp3) is 0.400. The Kier molecular flexibility index (Phi) is 4.93. The van der Waals surface area contributed by atoms with E-state index < -0.39 is 0 Å². The normalized spacial score (nSPS) is 12.6. The number of rotatable bonds is 4. The van der Waals surface area contributed by atoms with Gasteiger partial charge in [-0.25, -0.2) is 0 Å². The quantitative estimate of drug-likeness (QED) is 0.797. The molecule has 0 amide bonds. The molecule has 0 aliphatic rings. The highest BCUT2D eigenvalue weighted by molar-refractivity contribution is 7.80. The fourth-order valence-corrected chi connectivity index (χ4v) is 1.33. The van der Waals surface area contributed by atoms with Gasteiger partial charge in [0.05, 0.1) is 11.6 Å².